The quantitative estimate of drug-likeness (QED) is 0.395. The van der Waals surface area contributed by atoms with E-state index in [-0.39, 0.29) is 23.3 Å². The van der Waals surface area contributed by atoms with Crippen LogP contribution >= 0.6 is 11.8 Å². The maximum atomic E-state index is 13.2. The number of hydrogen-bond acceptors (Lipinski definition) is 4. The largest absolute Gasteiger partial charge is 0.326 e. The van der Waals surface area contributed by atoms with E-state index in [2.05, 4.69) is 10.6 Å². The van der Waals surface area contributed by atoms with Crippen molar-refractivity contribution in [2.45, 2.75) is 62.5 Å². The third kappa shape index (κ3) is 5.75. The Morgan fingerprint density at radius 3 is 2.44 bits per heavy atom. The smallest absolute Gasteiger partial charge is 0.295 e. The fourth-order valence-electron chi connectivity index (χ4n) is 4.66. The van der Waals surface area contributed by atoms with Crippen molar-refractivity contribution in [3.05, 3.63) is 70.6 Å². The van der Waals surface area contributed by atoms with Gasteiger partial charge >= 0.3 is 0 Å². The van der Waals surface area contributed by atoms with Crippen molar-refractivity contribution in [3.8, 4) is 5.69 Å². The molecule has 0 spiro atoms. The van der Waals surface area contributed by atoms with E-state index in [1.807, 2.05) is 68.4 Å². The second kappa shape index (κ2) is 11.6. The second-order valence-corrected chi connectivity index (χ2v) is 10.6. The normalized spacial score (nSPS) is 14.9. The minimum atomic E-state index is -0.390. The number of thioether (sulfide) groups is 1. The van der Waals surface area contributed by atoms with Crippen LogP contribution in [0.3, 0.4) is 0 Å². The van der Waals surface area contributed by atoms with Crippen LogP contribution in [0.1, 0.15) is 51.1 Å². The van der Waals surface area contributed by atoms with Gasteiger partial charge in [0.25, 0.3) is 5.56 Å². The summed E-state index contributed by atoms with van der Waals surface area (Å²) < 4.78 is 3.30. The van der Waals surface area contributed by atoms with Gasteiger partial charge in [-0.2, -0.15) is 0 Å². The molecule has 0 saturated heterocycles. The van der Waals surface area contributed by atoms with Gasteiger partial charge in [-0.15, -0.1) is 11.8 Å². The number of benzene rings is 2. The zero-order valence-corrected chi connectivity index (χ0v) is 21.9. The summed E-state index contributed by atoms with van der Waals surface area (Å²) in [6.07, 6.45) is 5.91. The van der Waals surface area contributed by atoms with Crippen LogP contribution in [0, 0.1) is 12.8 Å². The molecule has 0 bridgehead atoms. The van der Waals surface area contributed by atoms with E-state index in [9.17, 15) is 14.4 Å². The monoisotopic (exact) mass is 506 g/mol. The molecule has 190 valence electrons. The number of rotatable bonds is 8. The number of carbonyl (C=O) groups is 2. The summed E-state index contributed by atoms with van der Waals surface area (Å²) in [6, 6.07) is 17.0. The van der Waals surface area contributed by atoms with Crippen molar-refractivity contribution >= 4 is 35.0 Å². The van der Waals surface area contributed by atoms with Crippen LogP contribution < -0.4 is 16.2 Å². The summed E-state index contributed by atoms with van der Waals surface area (Å²) >= 11 is 1.43. The maximum absolute atomic E-state index is 13.2. The first-order valence-electron chi connectivity index (χ1n) is 12.6. The molecule has 0 radical (unpaired) electrons. The van der Waals surface area contributed by atoms with Crippen molar-refractivity contribution in [3.63, 3.8) is 0 Å². The van der Waals surface area contributed by atoms with Gasteiger partial charge in [0.1, 0.15) is 5.69 Å². The first kappa shape index (κ1) is 25.8. The first-order valence-corrected chi connectivity index (χ1v) is 13.5. The molecular weight excluding hydrogens is 472 g/mol. The average molecular weight is 507 g/mol. The predicted octanol–water partition coefficient (Wildman–Crippen LogP) is 5.51. The maximum Gasteiger partial charge on any atom is 0.295 e. The first-order chi connectivity index (χ1) is 17.4. The molecule has 1 heterocycles. The number of nitrogens with one attached hydrogen (secondary N) is 2. The third-order valence-electron chi connectivity index (χ3n) is 6.82. The van der Waals surface area contributed by atoms with Crippen molar-refractivity contribution in [1.82, 2.24) is 9.36 Å². The minimum Gasteiger partial charge on any atom is -0.326 e. The zero-order valence-electron chi connectivity index (χ0n) is 21.1. The lowest BCUT2D eigenvalue weighted by atomic mass is 9.88. The Balaban J connectivity index is 1.46. The van der Waals surface area contributed by atoms with Crippen LogP contribution in [0.25, 0.3) is 5.69 Å². The van der Waals surface area contributed by atoms with Crippen LogP contribution in [0.2, 0.25) is 0 Å². The van der Waals surface area contributed by atoms with Crippen molar-refractivity contribution < 1.29 is 9.59 Å². The van der Waals surface area contributed by atoms with Crippen LogP contribution in [-0.2, 0) is 16.6 Å². The number of hydrogen-bond donors (Lipinski definition) is 2. The molecule has 8 heteroatoms. The van der Waals surface area contributed by atoms with Gasteiger partial charge in [0.05, 0.1) is 16.6 Å². The number of aromatic nitrogens is 2. The Morgan fingerprint density at radius 1 is 1.03 bits per heavy atom. The van der Waals surface area contributed by atoms with E-state index in [0.717, 1.165) is 42.0 Å². The van der Waals surface area contributed by atoms with Gasteiger partial charge < -0.3 is 10.6 Å². The Hall–Kier alpha value is -3.26. The van der Waals surface area contributed by atoms with Crippen LogP contribution in [0.15, 0.2) is 64.3 Å². The van der Waals surface area contributed by atoms with E-state index in [0.29, 0.717) is 17.8 Å². The standard InChI is InChI=1S/C28H34N4O3S/c1-4-24(36-23-17-11-14-21(18-23)29-26(33)20-12-7-5-8-13-20)27(34)30-25-19(2)31(3)32(28(25)35)22-15-9-6-10-16-22/h6,9-11,14-18,20,24H,4-5,7-8,12-13H2,1-3H3,(H,29,33)(H,30,34). The van der Waals surface area contributed by atoms with Crippen LogP contribution in [-0.4, -0.2) is 26.4 Å². The molecule has 0 aliphatic heterocycles. The number of para-hydroxylation sites is 1. The van der Waals surface area contributed by atoms with E-state index in [4.69, 9.17) is 0 Å². The lowest BCUT2D eigenvalue weighted by Gasteiger charge is -2.21. The summed E-state index contributed by atoms with van der Waals surface area (Å²) in [5, 5.41) is 5.55. The Morgan fingerprint density at radius 2 is 1.75 bits per heavy atom. The van der Waals surface area contributed by atoms with Crippen LogP contribution in [0.5, 0.6) is 0 Å². The second-order valence-electron chi connectivity index (χ2n) is 9.29. The fraction of sp³-hybridized carbons (Fsp3) is 0.393. The molecule has 3 aromatic rings. The van der Waals surface area contributed by atoms with Gasteiger partial charge in [0.2, 0.25) is 11.8 Å². The van der Waals surface area contributed by atoms with E-state index in [1.165, 1.54) is 18.2 Å². The minimum absolute atomic E-state index is 0.0795. The fourth-order valence-corrected chi connectivity index (χ4v) is 5.67. The number of anilines is 2. The number of amides is 2. The molecule has 2 aromatic carbocycles. The molecule has 1 aliphatic rings. The predicted molar refractivity (Wildman–Crippen MR) is 146 cm³/mol. The molecule has 2 amide bonds. The Kier molecular flexibility index (Phi) is 8.36. The van der Waals surface area contributed by atoms with Gasteiger partial charge in [0, 0.05) is 23.5 Å². The molecule has 36 heavy (non-hydrogen) atoms. The molecule has 2 N–H and O–H groups in total. The highest BCUT2D eigenvalue weighted by Crippen LogP contribution is 2.30. The van der Waals surface area contributed by atoms with E-state index < -0.39 is 5.25 Å². The van der Waals surface area contributed by atoms with E-state index in [1.54, 1.807) is 16.4 Å². The van der Waals surface area contributed by atoms with Crippen molar-refractivity contribution in [1.29, 1.82) is 0 Å². The molecule has 1 fully saturated rings. The molecule has 1 atom stereocenters. The highest BCUT2D eigenvalue weighted by Gasteiger charge is 2.24. The molecule has 1 aromatic heterocycles. The highest BCUT2D eigenvalue weighted by atomic mass is 32.2. The van der Waals surface area contributed by atoms with Gasteiger partial charge in [-0.25, -0.2) is 4.68 Å². The molecule has 4 rings (SSSR count). The third-order valence-corrected chi connectivity index (χ3v) is 8.18. The summed E-state index contributed by atoms with van der Waals surface area (Å²) in [5.74, 6) is -0.0562. The average Bonchev–Trinajstić information content (AvgIpc) is 3.11. The SMILES string of the molecule is CCC(Sc1cccc(NC(=O)C2CCCCC2)c1)C(=O)Nc1c(C)n(C)n(-c2ccccc2)c1=O. The van der Waals surface area contributed by atoms with Gasteiger partial charge in [-0.3, -0.25) is 19.1 Å². The summed E-state index contributed by atoms with van der Waals surface area (Å²) in [6.45, 7) is 3.77. The topological polar surface area (TPSA) is 85.1 Å². The van der Waals surface area contributed by atoms with Gasteiger partial charge in [0.15, 0.2) is 0 Å². The Labute approximate surface area is 216 Å². The lowest BCUT2D eigenvalue weighted by molar-refractivity contribution is -0.120. The van der Waals surface area contributed by atoms with Crippen molar-refractivity contribution in [2.24, 2.45) is 13.0 Å². The van der Waals surface area contributed by atoms with Gasteiger partial charge in [-0.05, 0) is 56.5 Å². The molecular formula is C28H34N4O3S. The highest BCUT2D eigenvalue weighted by molar-refractivity contribution is 8.00. The van der Waals surface area contributed by atoms with E-state index >= 15 is 0 Å². The number of nitrogens with zero attached hydrogens (tertiary/aromatic N) is 2. The van der Waals surface area contributed by atoms with Gasteiger partial charge in [-0.1, -0.05) is 50.5 Å². The lowest BCUT2D eigenvalue weighted by Crippen LogP contribution is -2.28. The molecule has 1 saturated carbocycles. The molecule has 7 nitrogen and oxygen atoms in total. The molecule has 1 aliphatic carbocycles. The summed E-state index contributed by atoms with van der Waals surface area (Å²) in [4.78, 5) is 39.9. The summed E-state index contributed by atoms with van der Waals surface area (Å²) in [5.41, 5.74) is 2.20. The Bertz CT molecular complexity index is 1280. The zero-order chi connectivity index (χ0) is 25.7. The van der Waals surface area contributed by atoms with Crippen LogP contribution in [0.4, 0.5) is 11.4 Å². The van der Waals surface area contributed by atoms with Crippen molar-refractivity contribution in [2.75, 3.05) is 10.6 Å². The molecule has 1 unspecified atom stereocenters. The summed E-state index contributed by atoms with van der Waals surface area (Å²) in [7, 11) is 1.80. The number of carbonyl (C=O) groups excluding carboxylic acids is 2.